The van der Waals surface area contributed by atoms with Crippen molar-refractivity contribution >= 4 is 11.6 Å². The Morgan fingerprint density at radius 3 is 2.43 bits per heavy atom. The van der Waals surface area contributed by atoms with E-state index in [-0.39, 0.29) is 5.92 Å². The first-order valence-corrected chi connectivity index (χ1v) is 7.23. The van der Waals surface area contributed by atoms with Gasteiger partial charge in [-0.15, -0.1) is 0 Å². The molecule has 2 aromatic rings. The zero-order valence-electron chi connectivity index (χ0n) is 12.2. The van der Waals surface area contributed by atoms with Crippen LogP contribution in [0.1, 0.15) is 28.7 Å². The molecule has 0 bridgehead atoms. The van der Waals surface area contributed by atoms with Crippen LogP contribution in [0, 0.1) is 6.92 Å². The molecular weight excluding hydrogens is 286 g/mol. The fourth-order valence-corrected chi connectivity index (χ4v) is 2.64. The van der Waals surface area contributed by atoms with Crippen LogP contribution in [0.25, 0.3) is 0 Å². The molecule has 3 N–H and O–H groups in total. The van der Waals surface area contributed by atoms with Crippen LogP contribution >= 0.6 is 11.6 Å². The quantitative estimate of drug-likeness (QED) is 0.890. The van der Waals surface area contributed by atoms with Crippen molar-refractivity contribution in [3.05, 3.63) is 64.2 Å². The zero-order chi connectivity index (χ0) is 15.4. The van der Waals surface area contributed by atoms with Crippen LogP contribution in [0.3, 0.4) is 0 Å². The minimum absolute atomic E-state index is 0.187. The van der Waals surface area contributed by atoms with Gasteiger partial charge in [-0.25, -0.2) is 0 Å². The molecule has 0 aromatic heterocycles. The van der Waals surface area contributed by atoms with E-state index in [1.807, 2.05) is 49.4 Å². The highest BCUT2D eigenvalue weighted by Gasteiger charge is 2.23. The molecule has 0 aliphatic rings. The summed E-state index contributed by atoms with van der Waals surface area (Å²) in [6, 6.07) is 13.1. The van der Waals surface area contributed by atoms with Crippen LogP contribution in [-0.2, 0) is 0 Å². The predicted octanol–water partition coefficient (Wildman–Crippen LogP) is 3.43. The van der Waals surface area contributed by atoms with Crippen molar-refractivity contribution in [1.29, 1.82) is 0 Å². The molecule has 0 heterocycles. The lowest BCUT2D eigenvalue weighted by Gasteiger charge is -2.24. The summed E-state index contributed by atoms with van der Waals surface area (Å²) in [5.74, 6) is 0.594. The van der Waals surface area contributed by atoms with E-state index < -0.39 is 6.10 Å². The van der Waals surface area contributed by atoms with Crippen LogP contribution in [0.4, 0.5) is 0 Å². The fraction of sp³-hybridized carbons (Fsp3) is 0.294. The third kappa shape index (κ3) is 3.38. The molecule has 0 spiro atoms. The molecule has 0 aliphatic heterocycles. The molecule has 0 amide bonds. The Hall–Kier alpha value is -1.55. The lowest BCUT2D eigenvalue weighted by atomic mass is 9.87. The van der Waals surface area contributed by atoms with Gasteiger partial charge in [-0.3, -0.25) is 0 Å². The first kappa shape index (κ1) is 15.8. The van der Waals surface area contributed by atoms with E-state index in [0.717, 1.165) is 22.4 Å². The van der Waals surface area contributed by atoms with Gasteiger partial charge in [0.15, 0.2) is 0 Å². The number of hydrogen-bond acceptors (Lipinski definition) is 3. The van der Waals surface area contributed by atoms with Gasteiger partial charge in [0.05, 0.1) is 13.2 Å². The summed E-state index contributed by atoms with van der Waals surface area (Å²) in [5, 5.41) is 11.3. The molecule has 0 saturated carbocycles. The molecule has 21 heavy (non-hydrogen) atoms. The Morgan fingerprint density at radius 1 is 1.19 bits per heavy atom. The molecular formula is C17H20ClNO2. The third-order valence-corrected chi connectivity index (χ3v) is 4.22. The maximum absolute atomic E-state index is 10.7. The minimum atomic E-state index is -0.693. The van der Waals surface area contributed by atoms with Crippen molar-refractivity contribution in [2.24, 2.45) is 5.73 Å². The van der Waals surface area contributed by atoms with Gasteiger partial charge in [-0.1, -0.05) is 35.9 Å². The van der Waals surface area contributed by atoms with Crippen molar-refractivity contribution < 1.29 is 9.84 Å². The first-order valence-electron chi connectivity index (χ1n) is 6.85. The number of aliphatic hydroxyl groups excluding tert-OH is 1. The average Bonchev–Trinajstić information content (AvgIpc) is 2.51. The van der Waals surface area contributed by atoms with Crippen molar-refractivity contribution in [2.45, 2.75) is 18.9 Å². The second kappa shape index (κ2) is 6.94. The average molecular weight is 306 g/mol. The third-order valence-electron chi connectivity index (χ3n) is 3.81. The molecule has 2 unspecified atom stereocenters. The molecule has 0 aliphatic carbocycles. The molecule has 112 valence electrons. The topological polar surface area (TPSA) is 55.5 Å². The summed E-state index contributed by atoms with van der Waals surface area (Å²) < 4.78 is 5.15. The van der Waals surface area contributed by atoms with Gasteiger partial charge < -0.3 is 15.6 Å². The number of benzene rings is 2. The summed E-state index contributed by atoms with van der Waals surface area (Å²) in [5.41, 5.74) is 8.56. The van der Waals surface area contributed by atoms with Gasteiger partial charge in [0, 0.05) is 17.5 Å². The Bertz CT molecular complexity index is 598. The van der Waals surface area contributed by atoms with E-state index in [4.69, 9.17) is 22.1 Å². The maximum Gasteiger partial charge on any atom is 0.118 e. The van der Waals surface area contributed by atoms with E-state index in [0.29, 0.717) is 11.6 Å². The second-order valence-electron chi connectivity index (χ2n) is 5.01. The van der Waals surface area contributed by atoms with Gasteiger partial charge >= 0.3 is 0 Å². The number of aliphatic hydroxyl groups is 1. The Morgan fingerprint density at radius 2 is 1.86 bits per heavy atom. The highest BCUT2D eigenvalue weighted by atomic mass is 35.5. The van der Waals surface area contributed by atoms with Crippen molar-refractivity contribution in [3.8, 4) is 5.75 Å². The van der Waals surface area contributed by atoms with E-state index in [1.165, 1.54) is 0 Å². The molecule has 0 fully saturated rings. The fourth-order valence-electron chi connectivity index (χ4n) is 2.46. The van der Waals surface area contributed by atoms with E-state index in [9.17, 15) is 5.11 Å². The van der Waals surface area contributed by atoms with Gasteiger partial charge in [0.1, 0.15) is 5.75 Å². The van der Waals surface area contributed by atoms with Crippen LogP contribution < -0.4 is 10.5 Å². The smallest absolute Gasteiger partial charge is 0.118 e. The van der Waals surface area contributed by atoms with Gasteiger partial charge in [0.2, 0.25) is 0 Å². The van der Waals surface area contributed by atoms with Crippen molar-refractivity contribution in [1.82, 2.24) is 0 Å². The summed E-state index contributed by atoms with van der Waals surface area (Å²) in [7, 11) is 1.62. The number of halogens is 1. The summed E-state index contributed by atoms with van der Waals surface area (Å²) in [6.07, 6.45) is -0.693. The molecule has 2 aromatic carbocycles. The molecule has 0 saturated heterocycles. The maximum atomic E-state index is 10.7. The molecule has 2 atom stereocenters. The largest absolute Gasteiger partial charge is 0.497 e. The van der Waals surface area contributed by atoms with Crippen LogP contribution in [0.2, 0.25) is 5.02 Å². The minimum Gasteiger partial charge on any atom is -0.497 e. The monoisotopic (exact) mass is 305 g/mol. The number of rotatable bonds is 5. The second-order valence-corrected chi connectivity index (χ2v) is 5.42. The summed E-state index contributed by atoms with van der Waals surface area (Å²) >= 11 is 6.13. The van der Waals surface area contributed by atoms with E-state index in [2.05, 4.69) is 0 Å². The molecule has 3 nitrogen and oxygen atoms in total. The molecule has 0 radical (unpaired) electrons. The van der Waals surface area contributed by atoms with E-state index >= 15 is 0 Å². The zero-order valence-corrected chi connectivity index (χ0v) is 13.0. The van der Waals surface area contributed by atoms with Crippen molar-refractivity contribution in [2.75, 3.05) is 13.7 Å². The summed E-state index contributed by atoms with van der Waals surface area (Å²) in [4.78, 5) is 0. The Kier molecular flexibility index (Phi) is 5.23. The first-order chi connectivity index (χ1) is 10.1. The number of nitrogens with two attached hydrogens (primary N) is 1. The Balaban J connectivity index is 2.33. The van der Waals surface area contributed by atoms with Gasteiger partial charge in [-0.2, -0.15) is 0 Å². The molecule has 4 heteroatoms. The standard InChI is InChI=1S/C17H20ClNO2/c1-11-14(4-3-5-16(11)18)17(20)15(10-19)12-6-8-13(21-2)9-7-12/h3-9,15,17,20H,10,19H2,1-2H3. The van der Waals surface area contributed by atoms with Crippen LogP contribution in [0.5, 0.6) is 5.75 Å². The van der Waals surface area contributed by atoms with Crippen molar-refractivity contribution in [3.63, 3.8) is 0 Å². The number of methoxy groups -OCH3 is 1. The van der Waals surface area contributed by atoms with Crippen LogP contribution in [-0.4, -0.2) is 18.8 Å². The number of hydrogen-bond donors (Lipinski definition) is 2. The Labute approximate surface area is 130 Å². The lowest BCUT2D eigenvalue weighted by molar-refractivity contribution is 0.146. The van der Waals surface area contributed by atoms with Crippen LogP contribution in [0.15, 0.2) is 42.5 Å². The highest BCUT2D eigenvalue weighted by Crippen LogP contribution is 2.34. The molecule has 2 rings (SSSR count). The normalized spacial score (nSPS) is 13.8. The number of ether oxygens (including phenoxy) is 1. The SMILES string of the molecule is COc1ccc(C(CN)C(O)c2cccc(Cl)c2C)cc1. The van der Waals surface area contributed by atoms with Gasteiger partial charge in [0.25, 0.3) is 0 Å². The summed E-state index contributed by atoms with van der Waals surface area (Å²) in [6.45, 7) is 2.25. The lowest BCUT2D eigenvalue weighted by Crippen LogP contribution is -2.20. The highest BCUT2D eigenvalue weighted by molar-refractivity contribution is 6.31. The van der Waals surface area contributed by atoms with E-state index in [1.54, 1.807) is 7.11 Å². The van der Waals surface area contributed by atoms with Gasteiger partial charge in [-0.05, 0) is 41.8 Å². The predicted molar refractivity (Wildman–Crippen MR) is 85.9 cm³/mol.